The number of rotatable bonds is 1. The zero-order valence-electron chi connectivity index (χ0n) is 8.20. The molecule has 0 amide bonds. The Labute approximate surface area is 90.1 Å². The van der Waals surface area contributed by atoms with Gasteiger partial charge in [0.15, 0.2) is 0 Å². The first-order valence-electron chi connectivity index (χ1n) is 4.69. The largest absolute Gasteiger partial charge is 0.395 e. The Bertz CT molecular complexity index is 430. The van der Waals surface area contributed by atoms with Crippen molar-refractivity contribution >= 4 is 5.82 Å². The summed E-state index contributed by atoms with van der Waals surface area (Å²) in [5.74, 6) is -0.848. The van der Waals surface area contributed by atoms with E-state index in [1.807, 2.05) is 6.07 Å². The topological polar surface area (TPSA) is 39.9 Å². The summed E-state index contributed by atoms with van der Waals surface area (Å²) in [6.45, 7) is -0.156. The van der Waals surface area contributed by atoms with Crippen molar-refractivity contribution in [2.75, 3.05) is 18.0 Å². The zero-order valence-corrected chi connectivity index (χ0v) is 8.20. The number of anilines is 1. The Kier molecular flexibility index (Phi) is 2.46. The molecule has 3 nitrogen and oxygen atoms in total. The van der Waals surface area contributed by atoms with E-state index in [-0.39, 0.29) is 18.8 Å². The van der Waals surface area contributed by atoms with E-state index in [1.54, 1.807) is 12.1 Å². The minimum absolute atomic E-state index is 0.0780. The van der Waals surface area contributed by atoms with Gasteiger partial charge in [-0.3, -0.25) is 0 Å². The molecule has 1 fully saturated rings. The summed E-state index contributed by atoms with van der Waals surface area (Å²) in [5.41, 5.74) is 0.216. The lowest BCUT2D eigenvalue weighted by Gasteiger charge is -2.40. The average Bonchev–Trinajstić information content (AvgIpc) is 2.13. The fourth-order valence-electron chi connectivity index (χ4n) is 1.53. The summed E-state index contributed by atoms with van der Waals surface area (Å²) < 4.78 is 36.7. The lowest BCUT2D eigenvalue weighted by Crippen LogP contribution is -2.53. The molecule has 1 aliphatic rings. The first-order chi connectivity index (χ1) is 7.50. The fraction of sp³-hybridized carbons (Fsp3) is 0.400. The van der Waals surface area contributed by atoms with Crippen LogP contribution >= 0.6 is 0 Å². The Morgan fingerprint density at radius 1 is 1.38 bits per heavy atom. The van der Waals surface area contributed by atoms with Crippen molar-refractivity contribution < 1.29 is 13.2 Å². The molecule has 0 atom stereocenters. The maximum absolute atomic E-state index is 12.2. The number of halogens is 3. The second-order valence-corrected chi connectivity index (χ2v) is 3.64. The van der Waals surface area contributed by atoms with Crippen LogP contribution in [-0.2, 0) is 0 Å². The molecule has 84 valence electrons. The number of nitrogens with zero attached hydrogens (tertiary/aromatic N) is 3. The minimum Gasteiger partial charge on any atom is -0.355 e. The van der Waals surface area contributed by atoms with Crippen molar-refractivity contribution in [3.63, 3.8) is 0 Å². The predicted octanol–water partition coefficient (Wildman–Crippen LogP) is 1.95. The molecule has 0 bridgehead atoms. The SMILES string of the molecule is N#Cc1cccc(N2CC(C(F)(F)F)C2)n1. The third-order valence-corrected chi connectivity index (χ3v) is 2.52. The van der Waals surface area contributed by atoms with E-state index < -0.39 is 12.1 Å². The van der Waals surface area contributed by atoms with Crippen LogP contribution in [0.4, 0.5) is 19.0 Å². The number of hydrogen-bond acceptors (Lipinski definition) is 3. The van der Waals surface area contributed by atoms with Crippen molar-refractivity contribution in [3.05, 3.63) is 23.9 Å². The highest BCUT2D eigenvalue weighted by atomic mass is 19.4. The van der Waals surface area contributed by atoms with Crippen molar-refractivity contribution in [2.45, 2.75) is 6.18 Å². The second-order valence-electron chi connectivity index (χ2n) is 3.64. The van der Waals surface area contributed by atoms with Crippen molar-refractivity contribution in [1.82, 2.24) is 4.98 Å². The Hall–Kier alpha value is -1.77. The summed E-state index contributed by atoms with van der Waals surface area (Å²) >= 11 is 0. The summed E-state index contributed by atoms with van der Waals surface area (Å²) in [6.07, 6.45) is -4.14. The maximum atomic E-state index is 12.2. The molecule has 2 heterocycles. The first kappa shape index (κ1) is 10.7. The van der Waals surface area contributed by atoms with Crippen LogP contribution in [0.1, 0.15) is 5.69 Å². The third-order valence-electron chi connectivity index (χ3n) is 2.52. The Balaban J connectivity index is 2.05. The molecule has 1 aromatic heterocycles. The molecule has 1 aromatic rings. The molecule has 0 spiro atoms. The summed E-state index contributed by atoms with van der Waals surface area (Å²) in [7, 11) is 0. The number of nitriles is 1. The van der Waals surface area contributed by atoms with E-state index >= 15 is 0 Å². The third kappa shape index (κ3) is 1.94. The van der Waals surface area contributed by atoms with E-state index in [0.29, 0.717) is 5.82 Å². The highest BCUT2D eigenvalue weighted by Gasteiger charge is 2.47. The van der Waals surface area contributed by atoms with E-state index in [1.165, 1.54) is 11.0 Å². The number of aromatic nitrogens is 1. The molecule has 2 rings (SSSR count). The highest BCUT2D eigenvalue weighted by Crippen LogP contribution is 2.35. The normalized spacial score (nSPS) is 16.8. The van der Waals surface area contributed by atoms with E-state index in [4.69, 9.17) is 5.26 Å². The molecule has 0 radical (unpaired) electrons. The molecule has 6 heteroatoms. The van der Waals surface area contributed by atoms with Crippen molar-refractivity contribution in [1.29, 1.82) is 5.26 Å². The van der Waals surface area contributed by atoms with E-state index in [2.05, 4.69) is 4.98 Å². The molecule has 1 saturated heterocycles. The van der Waals surface area contributed by atoms with Crippen LogP contribution in [0.15, 0.2) is 18.2 Å². The molecule has 0 unspecified atom stereocenters. The van der Waals surface area contributed by atoms with Crippen LogP contribution in [0.2, 0.25) is 0 Å². The van der Waals surface area contributed by atoms with Crippen LogP contribution in [0, 0.1) is 17.2 Å². The van der Waals surface area contributed by atoms with Gasteiger partial charge in [-0.25, -0.2) is 4.98 Å². The van der Waals surface area contributed by atoms with Gasteiger partial charge in [-0.05, 0) is 12.1 Å². The van der Waals surface area contributed by atoms with Gasteiger partial charge in [0.05, 0.1) is 5.92 Å². The molecular weight excluding hydrogens is 219 g/mol. The number of hydrogen-bond donors (Lipinski definition) is 0. The van der Waals surface area contributed by atoms with Crippen molar-refractivity contribution in [3.8, 4) is 6.07 Å². The van der Waals surface area contributed by atoms with Gasteiger partial charge in [0.2, 0.25) is 0 Å². The second kappa shape index (κ2) is 3.67. The van der Waals surface area contributed by atoms with E-state index in [9.17, 15) is 13.2 Å². The van der Waals surface area contributed by atoms with Gasteiger partial charge in [0, 0.05) is 13.1 Å². The van der Waals surface area contributed by atoms with Gasteiger partial charge < -0.3 is 4.90 Å². The van der Waals surface area contributed by atoms with Crippen molar-refractivity contribution in [2.24, 2.45) is 5.92 Å². The molecule has 16 heavy (non-hydrogen) atoms. The van der Waals surface area contributed by atoms with Gasteiger partial charge >= 0.3 is 6.18 Å². The minimum atomic E-state index is -4.14. The van der Waals surface area contributed by atoms with Crippen LogP contribution in [0.3, 0.4) is 0 Å². The van der Waals surface area contributed by atoms with Crippen LogP contribution in [0.5, 0.6) is 0 Å². The van der Waals surface area contributed by atoms with Gasteiger partial charge in [-0.2, -0.15) is 18.4 Å². The molecule has 0 saturated carbocycles. The zero-order chi connectivity index (χ0) is 11.8. The first-order valence-corrected chi connectivity index (χ1v) is 4.69. The number of pyridine rings is 1. The Morgan fingerprint density at radius 2 is 2.06 bits per heavy atom. The lowest BCUT2D eigenvalue weighted by atomic mass is 10.00. The van der Waals surface area contributed by atoms with Gasteiger partial charge in [0.1, 0.15) is 17.6 Å². The summed E-state index contributed by atoms with van der Waals surface area (Å²) in [6, 6.07) is 6.59. The van der Waals surface area contributed by atoms with Crippen LogP contribution < -0.4 is 4.90 Å². The quantitative estimate of drug-likeness (QED) is 0.736. The molecule has 0 N–H and O–H groups in total. The maximum Gasteiger partial charge on any atom is 0.395 e. The highest BCUT2D eigenvalue weighted by molar-refractivity contribution is 5.44. The smallest absolute Gasteiger partial charge is 0.355 e. The standard InChI is InChI=1S/C10H8F3N3/c11-10(12,13)7-5-16(6-7)9-3-1-2-8(4-14)15-9/h1-3,7H,5-6H2. The summed E-state index contributed by atoms with van der Waals surface area (Å²) in [4.78, 5) is 5.44. The predicted molar refractivity (Wildman–Crippen MR) is 50.7 cm³/mol. The summed E-state index contributed by atoms with van der Waals surface area (Å²) in [5, 5.41) is 8.60. The lowest BCUT2D eigenvalue weighted by molar-refractivity contribution is -0.180. The van der Waals surface area contributed by atoms with Gasteiger partial charge in [-0.15, -0.1) is 0 Å². The number of alkyl halides is 3. The fourth-order valence-corrected chi connectivity index (χ4v) is 1.53. The average molecular weight is 227 g/mol. The molecule has 1 aliphatic heterocycles. The van der Waals surface area contributed by atoms with Crippen LogP contribution in [0.25, 0.3) is 0 Å². The van der Waals surface area contributed by atoms with Gasteiger partial charge in [0.25, 0.3) is 0 Å². The monoisotopic (exact) mass is 227 g/mol. The molecule has 0 aromatic carbocycles. The molecular formula is C10H8F3N3. The molecule has 0 aliphatic carbocycles. The van der Waals surface area contributed by atoms with Crippen LogP contribution in [-0.4, -0.2) is 24.2 Å². The van der Waals surface area contributed by atoms with Gasteiger partial charge in [-0.1, -0.05) is 6.07 Å². The van der Waals surface area contributed by atoms with E-state index in [0.717, 1.165) is 0 Å². The Morgan fingerprint density at radius 3 is 2.62 bits per heavy atom.